The number of carbonyl (C=O) groups is 1. The summed E-state index contributed by atoms with van der Waals surface area (Å²) in [7, 11) is 0. The van der Waals surface area contributed by atoms with Crippen molar-refractivity contribution in [3.63, 3.8) is 0 Å². The highest BCUT2D eigenvalue weighted by Crippen LogP contribution is 2.52. The second kappa shape index (κ2) is 4.17. The van der Waals surface area contributed by atoms with E-state index in [9.17, 15) is 4.79 Å². The summed E-state index contributed by atoms with van der Waals surface area (Å²) in [6.45, 7) is 5.71. The Morgan fingerprint density at radius 3 is 2.39 bits per heavy atom. The van der Waals surface area contributed by atoms with Crippen molar-refractivity contribution in [2.45, 2.75) is 58.2 Å². The Balaban J connectivity index is 1.88. The molecule has 0 amide bonds. The Morgan fingerprint density at radius 1 is 1.00 bits per heavy atom. The smallest absolute Gasteiger partial charge is 0.169 e. The summed E-state index contributed by atoms with van der Waals surface area (Å²) in [4.78, 5) is 12.4. The average molecular weight is 250 g/mol. The maximum absolute atomic E-state index is 12.4. The van der Waals surface area contributed by atoms with Crippen LogP contribution in [0.3, 0.4) is 0 Å². The highest BCUT2D eigenvalue weighted by Gasteiger charge is 2.53. The van der Waals surface area contributed by atoms with Gasteiger partial charge in [-0.05, 0) is 33.1 Å². The van der Waals surface area contributed by atoms with E-state index >= 15 is 0 Å². The van der Waals surface area contributed by atoms with E-state index in [4.69, 9.17) is 9.47 Å². The zero-order valence-corrected chi connectivity index (χ0v) is 11.4. The molecule has 1 heterocycles. The van der Waals surface area contributed by atoms with Gasteiger partial charge in [-0.25, -0.2) is 0 Å². The van der Waals surface area contributed by atoms with Gasteiger partial charge in [0.2, 0.25) is 0 Å². The van der Waals surface area contributed by atoms with Crippen LogP contribution in [-0.2, 0) is 14.3 Å². The summed E-state index contributed by atoms with van der Waals surface area (Å²) >= 11 is 0. The third-order valence-electron chi connectivity index (χ3n) is 5.06. The number of hydrogen-bond acceptors (Lipinski definition) is 3. The van der Waals surface area contributed by atoms with Crippen molar-refractivity contribution >= 4 is 5.78 Å². The van der Waals surface area contributed by atoms with Gasteiger partial charge < -0.3 is 9.47 Å². The molecule has 1 saturated heterocycles. The third-order valence-corrected chi connectivity index (χ3v) is 5.06. The predicted molar refractivity (Wildman–Crippen MR) is 68.2 cm³/mol. The van der Waals surface area contributed by atoms with Gasteiger partial charge in [-0.1, -0.05) is 11.1 Å². The Labute approximate surface area is 109 Å². The second-order valence-electron chi connectivity index (χ2n) is 6.23. The number of Topliss-reactive ketones (excluding diaryl/α,β-unsaturated/α-hetero) is 1. The van der Waals surface area contributed by atoms with E-state index in [1.165, 1.54) is 11.1 Å². The standard InChI is InChI=1S/C15H22O3/c1-11-3-5-14(9-12(11)2)10-15(6-4-13(14)16)17-7-8-18-15/h3-10H2,1-2H3. The van der Waals surface area contributed by atoms with Crippen LogP contribution in [0.2, 0.25) is 0 Å². The van der Waals surface area contributed by atoms with Crippen LogP contribution in [0.4, 0.5) is 0 Å². The van der Waals surface area contributed by atoms with Gasteiger partial charge in [-0.15, -0.1) is 0 Å². The molecule has 2 aliphatic carbocycles. The van der Waals surface area contributed by atoms with Crippen molar-refractivity contribution in [2.75, 3.05) is 13.2 Å². The van der Waals surface area contributed by atoms with Crippen molar-refractivity contribution in [3.8, 4) is 0 Å². The Bertz CT molecular complexity index is 404. The van der Waals surface area contributed by atoms with E-state index < -0.39 is 5.79 Å². The highest BCUT2D eigenvalue weighted by molar-refractivity contribution is 5.86. The molecule has 3 rings (SSSR count). The zero-order valence-electron chi connectivity index (χ0n) is 11.4. The van der Waals surface area contributed by atoms with Gasteiger partial charge in [0.25, 0.3) is 0 Å². The number of ketones is 1. The number of ether oxygens (including phenoxy) is 2. The van der Waals surface area contributed by atoms with Gasteiger partial charge in [0.15, 0.2) is 5.79 Å². The molecule has 3 heteroatoms. The number of hydrogen-bond donors (Lipinski definition) is 0. The number of rotatable bonds is 0. The first-order valence-electron chi connectivity index (χ1n) is 7.02. The minimum atomic E-state index is -0.445. The zero-order chi connectivity index (χ0) is 12.8. The maximum Gasteiger partial charge on any atom is 0.169 e. The predicted octanol–water partition coefficient (Wildman–Crippen LogP) is 2.99. The van der Waals surface area contributed by atoms with E-state index in [0.29, 0.717) is 25.4 Å². The molecule has 0 aromatic carbocycles. The molecule has 1 saturated carbocycles. The second-order valence-corrected chi connectivity index (χ2v) is 6.23. The van der Waals surface area contributed by atoms with E-state index in [1.54, 1.807) is 0 Å². The number of allylic oxidation sites excluding steroid dienone is 2. The van der Waals surface area contributed by atoms with Gasteiger partial charge in [-0.2, -0.15) is 0 Å². The third kappa shape index (κ3) is 1.84. The molecule has 2 spiro atoms. The summed E-state index contributed by atoms with van der Waals surface area (Å²) in [5.41, 5.74) is 2.65. The molecule has 100 valence electrons. The molecular formula is C15H22O3. The van der Waals surface area contributed by atoms with Crippen LogP contribution in [0.5, 0.6) is 0 Å². The lowest BCUT2D eigenvalue weighted by Crippen LogP contribution is -2.48. The average Bonchev–Trinajstić information content (AvgIpc) is 2.78. The van der Waals surface area contributed by atoms with Crippen molar-refractivity contribution < 1.29 is 14.3 Å². The highest BCUT2D eigenvalue weighted by atomic mass is 16.7. The molecule has 2 fully saturated rings. The summed E-state index contributed by atoms with van der Waals surface area (Å²) < 4.78 is 11.7. The van der Waals surface area contributed by atoms with Crippen molar-refractivity contribution in [1.82, 2.24) is 0 Å². The van der Waals surface area contributed by atoms with Crippen LogP contribution < -0.4 is 0 Å². The quantitative estimate of drug-likeness (QED) is 0.620. The van der Waals surface area contributed by atoms with Crippen molar-refractivity contribution in [2.24, 2.45) is 5.41 Å². The molecular weight excluding hydrogens is 228 g/mol. The fraction of sp³-hybridized carbons (Fsp3) is 0.800. The van der Waals surface area contributed by atoms with Crippen LogP contribution in [0.25, 0.3) is 0 Å². The Kier molecular flexibility index (Phi) is 2.87. The minimum Gasteiger partial charge on any atom is -0.347 e. The molecule has 1 atom stereocenters. The Morgan fingerprint density at radius 2 is 1.72 bits per heavy atom. The monoisotopic (exact) mass is 250 g/mol. The van der Waals surface area contributed by atoms with E-state index in [-0.39, 0.29) is 5.41 Å². The largest absolute Gasteiger partial charge is 0.347 e. The summed E-state index contributed by atoms with van der Waals surface area (Å²) in [6.07, 6.45) is 5.06. The van der Waals surface area contributed by atoms with Crippen molar-refractivity contribution in [1.29, 1.82) is 0 Å². The van der Waals surface area contributed by atoms with Crippen LogP contribution in [0, 0.1) is 5.41 Å². The van der Waals surface area contributed by atoms with Crippen LogP contribution in [-0.4, -0.2) is 24.8 Å². The lowest BCUT2D eigenvalue weighted by atomic mass is 9.62. The van der Waals surface area contributed by atoms with Gasteiger partial charge in [0.05, 0.1) is 13.2 Å². The molecule has 18 heavy (non-hydrogen) atoms. The molecule has 0 aromatic heterocycles. The molecule has 0 bridgehead atoms. The van der Waals surface area contributed by atoms with Gasteiger partial charge in [-0.3, -0.25) is 4.79 Å². The van der Waals surface area contributed by atoms with Gasteiger partial charge in [0.1, 0.15) is 5.78 Å². The summed E-state index contributed by atoms with van der Waals surface area (Å²) in [6, 6.07) is 0. The van der Waals surface area contributed by atoms with Gasteiger partial charge in [0, 0.05) is 24.7 Å². The van der Waals surface area contributed by atoms with E-state index in [2.05, 4.69) is 13.8 Å². The SMILES string of the molecule is CC1=C(C)CC2(CC1)CC1(CCC2=O)OCCO1. The topological polar surface area (TPSA) is 35.5 Å². The summed E-state index contributed by atoms with van der Waals surface area (Å²) in [5.74, 6) is -0.0153. The van der Waals surface area contributed by atoms with Crippen LogP contribution in [0.1, 0.15) is 52.4 Å². The molecule has 0 radical (unpaired) electrons. The molecule has 3 aliphatic rings. The lowest BCUT2D eigenvalue weighted by Gasteiger charge is -2.46. The fourth-order valence-corrected chi connectivity index (χ4v) is 3.79. The molecule has 0 N–H and O–H groups in total. The normalized spacial score (nSPS) is 35.8. The van der Waals surface area contributed by atoms with Gasteiger partial charge >= 0.3 is 0 Å². The van der Waals surface area contributed by atoms with E-state index in [0.717, 1.165) is 32.1 Å². The van der Waals surface area contributed by atoms with E-state index in [1.807, 2.05) is 0 Å². The molecule has 1 unspecified atom stereocenters. The first-order valence-corrected chi connectivity index (χ1v) is 7.02. The number of carbonyl (C=O) groups excluding carboxylic acids is 1. The fourth-order valence-electron chi connectivity index (χ4n) is 3.79. The minimum absolute atomic E-state index is 0.202. The van der Waals surface area contributed by atoms with Crippen LogP contribution >= 0.6 is 0 Å². The maximum atomic E-state index is 12.4. The lowest BCUT2D eigenvalue weighted by molar-refractivity contribution is -0.203. The molecule has 0 aromatic rings. The molecule has 1 aliphatic heterocycles. The molecule has 3 nitrogen and oxygen atoms in total. The van der Waals surface area contributed by atoms with Crippen LogP contribution in [0.15, 0.2) is 11.1 Å². The summed E-state index contributed by atoms with van der Waals surface area (Å²) in [5, 5.41) is 0. The van der Waals surface area contributed by atoms with Crippen molar-refractivity contribution in [3.05, 3.63) is 11.1 Å². The first kappa shape index (κ1) is 12.4. The Hall–Kier alpha value is -0.670. The first-order chi connectivity index (χ1) is 8.55.